The van der Waals surface area contributed by atoms with Crippen molar-refractivity contribution in [3.8, 4) is 0 Å². The molecule has 0 bridgehead atoms. The summed E-state index contributed by atoms with van der Waals surface area (Å²) in [5.74, 6) is 0.531. The number of hydrogen-bond acceptors (Lipinski definition) is 2. The van der Waals surface area contributed by atoms with Gasteiger partial charge in [-0.15, -0.1) is 0 Å². The molecular formula is C10H14O2. The minimum absolute atomic E-state index is 0.174. The lowest BCUT2D eigenvalue weighted by Crippen LogP contribution is -2.14. The van der Waals surface area contributed by atoms with Gasteiger partial charge in [0.25, 0.3) is 0 Å². The highest BCUT2D eigenvalue weighted by Crippen LogP contribution is 2.67. The highest BCUT2D eigenvalue weighted by Gasteiger charge is 2.60. The van der Waals surface area contributed by atoms with Crippen molar-refractivity contribution >= 4 is 5.97 Å². The summed E-state index contributed by atoms with van der Waals surface area (Å²) >= 11 is 0. The van der Waals surface area contributed by atoms with Crippen LogP contribution in [0.1, 0.15) is 25.7 Å². The minimum atomic E-state index is -0.209. The molecule has 0 aromatic heterocycles. The van der Waals surface area contributed by atoms with Crippen molar-refractivity contribution in [3.63, 3.8) is 0 Å². The maximum atomic E-state index is 11.2. The lowest BCUT2D eigenvalue weighted by molar-refractivity contribution is -0.136. The molecule has 2 aliphatic rings. The van der Waals surface area contributed by atoms with Crippen LogP contribution in [0.15, 0.2) is 12.2 Å². The van der Waals surface area contributed by atoms with Crippen LogP contribution in [0.25, 0.3) is 0 Å². The average Bonchev–Trinajstić information content (AvgIpc) is 2.67. The first kappa shape index (κ1) is 7.84. The third-order valence-corrected chi connectivity index (χ3v) is 3.44. The number of carbonyl (C=O) groups excluding carboxylic acids is 1. The number of methoxy groups -OCH3 is 1. The van der Waals surface area contributed by atoms with E-state index in [-0.39, 0.29) is 11.4 Å². The van der Waals surface area contributed by atoms with Gasteiger partial charge >= 0.3 is 5.97 Å². The number of rotatable bonds is 2. The van der Waals surface area contributed by atoms with Crippen LogP contribution in [0.3, 0.4) is 0 Å². The molecule has 2 atom stereocenters. The average molecular weight is 166 g/mol. The zero-order valence-electron chi connectivity index (χ0n) is 7.43. The molecule has 0 radical (unpaired) electrons. The number of ether oxygens (including phenoxy) is 1. The van der Waals surface area contributed by atoms with E-state index in [2.05, 4.69) is 11.3 Å². The van der Waals surface area contributed by atoms with Gasteiger partial charge in [0.05, 0.1) is 7.11 Å². The number of hydrogen-bond donors (Lipinski definition) is 0. The van der Waals surface area contributed by atoms with Gasteiger partial charge in [0.15, 0.2) is 0 Å². The van der Waals surface area contributed by atoms with Crippen molar-refractivity contribution in [1.82, 2.24) is 0 Å². The Labute approximate surface area is 72.6 Å². The van der Waals surface area contributed by atoms with Crippen LogP contribution in [0.2, 0.25) is 0 Å². The SMILES string of the molecule is C=C(C(=O)OC)C12CCCC1C2. The van der Waals surface area contributed by atoms with Gasteiger partial charge in [-0.2, -0.15) is 0 Å². The predicted molar refractivity (Wildman–Crippen MR) is 45.5 cm³/mol. The minimum Gasteiger partial charge on any atom is -0.466 e. The Morgan fingerprint density at radius 1 is 1.67 bits per heavy atom. The zero-order valence-corrected chi connectivity index (χ0v) is 7.43. The highest BCUT2D eigenvalue weighted by molar-refractivity contribution is 5.90. The second-order valence-electron chi connectivity index (χ2n) is 3.92. The molecule has 0 spiro atoms. The molecule has 2 nitrogen and oxygen atoms in total. The summed E-state index contributed by atoms with van der Waals surface area (Å²) in [6.45, 7) is 3.85. The largest absolute Gasteiger partial charge is 0.466 e. The molecule has 2 unspecified atom stereocenters. The Bertz CT molecular complexity index is 244. The molecule has 0 aliphatic heterocycles. The lowest BCUT2D eigenvalue weighted by atomic mass is 9.94. The van der Waals surface area contributed by atoms with Crippen LogP contribution in [-0.4, -0.2) is 13.1 Å². The normalized spacial score (nSPS) is 37.2. The molecule has 2 fully saturated rings. The molecule has 2 heteroatoms. The molecule has 0 amide bonds. The van der Waals surface area contributed by atoms with Crippen molar-refractivity contribution in [2.45, 2.75) is 25.7 Å². The van der Waals surface area contributed by atoms with Gasteiger partial charge in [0.2, 0.25) is 0 Å². The topological polar surface area (TPSA) is 26.3 Å². The Balaban J connectivity index is 2.10. The summed E-state index contributed by atoms with van der Waals surface area (Å²) < 4.78 is 4.68. The van der Waals surface area contributed by atoms with E-state index >= 15 is 0 Å². The van der Waals surface area contributed by atoms with Gasteiger partial charge in [-0.05, 0) is 25.2 Å². The molecule has 0 aromatic carbocycles. The molecule has 2 saturated carbocycles. The molecule has 66 valence electrons. The molecular weight excluding hydrogens is 152 g/mol. The molecule has 2 aliphatic carbocycles. The van der Waals surface area contributed by atoms with Crippen LogP contribution < -0.4 is 0 Å². The van der Waals surface area contributed by atoms with Crippen LogP contribution in [0.4, 0.5) is 0 Å². The van der Waals surface area contributed by atoms with E-state index < -0.39 is 0 Å². The van der Waals surface area contributed by atoms with Crippen LogP contribution in [0.5, 0.6) is 0 Å². The summed E-state index contributed by atoms with van der Waals surface area (Å²) in [5.41, 5.74) is 0.889. The van der Waals surface area contributed by atoms with Crippen LogP contribution in [0, 0.1) is 11.3 Å². The van der Waals surface area contributed by atoms with E-state index in [9.17, 15) is 4.79 Å². The first-order valence-electron chi connectivity index (χ1n) is 4.48. The van der Waals surface area contributed by atoms with E-state index in [0.29, 0.717) is 5.57 Å². The summed E-state index contributed by atoms with van der Waals surface area (Å²) in [4.78, 5) is 11.2. The quantitative estimate of drug-likeness (QED) is 0.462. The van der Waals surface area contributed by atoms with Gasteiger partial charge in [0.1, 0.15) is 0 Å². The molecule has 2 rings (SSSR count). The van der Waals surface area contributed by atoms with Crippen molar-refractivity contribution in [2.75, 3.05) is 7.11 Å². The third kappa shape index (κ3) is 0.838. The van der Waals surface area contributed by atoms with Gasteiger partial charge in [0, 0.05) is 11.0 Å². The fraction of sp³-hybridized carbons (Fsp3) is 0.700. The third-order valence-electron chi connectivity index (χ3n) is 3.44. The molecule has 0 saturated heterocycles. The number of esters is 1. The summed E-state index contributed by atoms with van der Waals surface area (Å²) in [7, 11) is 1.43. The summed E-state index contributed by atoms with van der Waals surface area (Å²) in [6.07, 6.45) is 4.84. The first-order chi connectivity index (χ1) is 5.70. The van der Waals surface area contributed by atoms with Crippen LogP contribution in [-0.2, 0) is 9.53 Å². The predicted octanol–water partition coefficient (Wildman–Crippen LogP) is 1.91. The number of fused-ring (bicyclic) bond motifs is 1. The van der Waals surface area contributed by atoms with Gasteiger partial charge < -0.3 is 4.74 Å². The Morgan fingerprint density at radius 2 is 2.42 bits per heavy atom. The van der Waals surface area contributed by atoms with E-state index in [1.165, 1.54) is 26.4 Å². The van der Waals surface area contributed by atoms with Crippen molar-refractivity contribution < 1.29 is 9.53 Å². The maximum absolute atomic E-state index is 11.2. The molecule has 12 heavy (non-hydrogen) atoms. The fourth-order valence-corrected chi connectivity index (χ4v) is 2.58. The van der Waals surface area contributed by atoms with Crippen molar-refractivity contribution in [1.29, 1.82) is 0 Å². The Hall–Kier alpha value is -0.790. The molecule has 0 heterocycles. The van der Waals surface area contributed by atoms with Crippen molar-refractivity contribution in [3.05, 3.63) is 12.2 Å². The first-order valence-corrected chi connectivity index (χ1v) is 4.48. The molecule has 0 N–H and O–H groups in total. The summed E-state index contributed by atoms with van der Waals surface area (Å²) in [6, 6.07) is 0. The van der Waals surface area contributed by atoms with Gasteiger partial charge in [-0.3, -0.25) is 0 Å². The van der Waals surface area contributed by atoms with Gasteiger partial charge in [-0.1, -0.05) is 13.0 Å². The fourth-order valence-electron chi connectivity index (χ4n) is 2.58. The van der Waals surface area contributed by atoms with Crippen molar-refractivity contribution in [2.24, 2.45) is 11.3 Å². The van der Waals surface area contributed by atoms with E-state index in [1.807, 2.05) is 0 Å². The van der Waals surface area contributed by atoms with E-state index in [1.54, 1.807) is 0 Å². The monoisotopic (exact) mass is 166 g/mol. The standard InChI is InChI=1S/C10H14O2/c1-7(9(11)12-2)10-5-3-4-8(10)6-10/h8H,1,3-6H2,2H3. The second kappa shape index (κ2) is 2.35. The summed E-state index contributed by atoms with van der Waals surface area (Å²) in [5, 5.41) is 0. The number of carbonyl (C=O) groups is 1. The zero-order chi connectivity index (χ0) is 8.77. The van der Waals surface area contributed by atoms with Gasteiger partial charge in [-0.25, -0.2) is 4.79 Å². The lowest BCUT2D eigenvalue weighted by Gasteiger charge is -2.12. The Morgan fingerprint density at radius 3 is 2.83 bits per heavy atom. The smallest absolute Gasteiger partial charge is 0.333 e. The van der Waals surface area contributed by atoms with Crippen LogP contribution >= 0.6 is 0 Å². The maximum Gasteiger partial charge on any atom is 0.333 e. The second-order valence-corrected chi connectivity index (χ2v) is 3.92. The Kier molecular flexibility index (Phi) is 1.53. The molecule has 0 aromatic rings. The highest BCUT2D eigenvalue weighted by atomic mass is 16.5. The van der Waals surface area contributed by atoms with E-state index in [4.69, 9.17) is 0 Å². The van der Waals surface area contributed by atoms with E-state index in [0.717, 1.165) is 12.3 Å².